The molecule has 0 spiro atoms. The third kappa shape index (κ3) is 2.99. The first-order valence-corrected chi connectivity index (χ1v) is 8.03. The number of aryl methyl sites for hydroxylation is 1. The molecule has 0 bridgehead atoms. The minimum atomic E-state index is -3.99. The van der Waals surface area contributed by atoms with E-state index in [1.165, 1.54) is 17.9 Å². The van der Waals surface area contributed by atoms with E-state index in [2.05, 4.69) is 5.10 Å². The van der Waals surface area contributed by atoms with Gasteiger partial charge in [0.2, 0.25) is 0 Å². The summed E-state index contributed by atoms with van der Waals surface area (Å²) in [5, 5.41) is 14.3. The van der Waals surface area contributed by atoms with E-state index in [1.54, 1.807) is 25.1 Å². The molecular weight excluding hydrogens is 366 g/mol. The van der Waals surface area contributed by atoms with Gasteiger partial charge in [-0.3, -0.25) is 4.68 Å². The lowest BCUT2D eigenvalue weighted by molar-refractivity contribution is -0.166. The van der Waals surface area contributed by atoms with E-state index >= 15 is 0 Å². The zero-order valence-electron chi connectivity index (χ0n) is 14.0. The van der Waals surface area contributed by atoms with Gasteiger partial charge in [-0.25, -0.2) is 4.79 Å². The highest BCUT2D eigenvalue weighted by atomic mass is 35.5. The van der Waals surface area contributed by atoms with Crippen molar-refractivity contribution in [3.05, 3.63) is 58.2 Å². The van der Waals surface area contributed by atoms with Crippen molar-refractivity contribution in [3.63, 3.8) is 0 Å². The first-order valence-electron chi connectivity index (χ1n) is 7.66. The standard InChI is InChI=1S/C18H15ClF2N2O3/c1-10-12-7-6-11(18(20,21)17(24)25)8-15(12)23(22-10)9-13-14(19)4-3-5-16(13)26-2/h3-8H,9H2,1-2H3,(H,24,25). The molecule has 0 aliphatic heterocycles. The molecule has 0 fully saturated rings. The Kier molecular flexibility index (Phi) is 4.58. The summed E-state index contributed by atoms with van der Waals surface area (Å²) in [6, 6.07) is 8.87. The molecule has 0 atom stereocenters. The first-order chi connectivity index (χ1) is 12.3. The van der Waals surface area contributed by atoms with Gasteiger partial charge >= 0.3 is 11.9 Å². The number of hydrogen-bond acceptors (Lipinski definition) is 3. The number of nitrogens with zero attached hydrogens (tertiary/aromatic N) is 2. The molecule has 0 aliphatic carbocycles. The Morgan fingerprint density at radius 1 is 1.35 bits per heavy atom. The van der Waals surface area contributed by atoms with Gasteiger partial charge in [-0.2, -0.15) is 13.9 Å². The number of hydrogen-bond donors (Lipinski definition) is 1. The van der Waals surface area contributed by atoms with E-state index in [1.807, 2.05) is 0 Å². The summed E-state index contributed by atoms with van der Waals surface area (Å²) in [5.41, 5.74) is 1.07. The second kappa shape index (κ2) is 6.57. The largest absolute Gasteiger partial charge is 0.496 e. The number of fused-ring (bicyclic) bond motifs is 1. The Labute approximate surface area is 152 Å². The summed E-state index contributed by atoms with van der Waals surface area (Å²) in [6.07, 6.45) is 0. The highest BCUT2D eigenvalue weighted by molar-refractivity contribution is 6.31. The summed E-state index contributed by atoms with van der Waals surface area (Å²) in [7, 11) is 1.51. The molecule has 136 valence electrons. The van der Waals surface area contributed by atoms with Crippen molar-refractivity contribution >= 4 is 28.5 Å². The van der Waals surface area contributed by atoms with Crippen molar-refractivity contribution in [2.75, 3.05) is 7.11 Å². The Balaban J connectivity index is 2.14. The van der Waals surface area contributed by atoms with Crippen LogP contribution in [0.2, 0.25) is 5.02 Å². The lowest BCUT2D eigenvalue weighted by Gasteiger charge is -2.13. The van der Waals surface area contributed by atoms with Gasteiger partial charge in [0.15, 0.2) is 0 Å². The molecule has 26 heavy (non-hydrogen) atoms. The van der Waals surface area contributed by atoms with Gasteiger partial charge < -0.3 is 9.84 Å². The van der Waals surface area contributed by atoms with Crippen LogP contribution in [-0.2, 0) is 17.3 Å². The third-order valence-corrected chi connectivity index (χ3v) is 4.53. The molecule has 2 aromatic carbocycles. The topological polar surface area (TPSA) is 64.4 Å². The number of aromatic nitrogens is 2. The Morgan fingerprint density at radius 3 is 2.73 bits per heavy atom. The molecule has 0 unspecified atom stereocenters. The maximum Gasteiger partial charge on any atom is 0.379 e. The second-order valence-corrected chi connectivity index (χ2v) is 6.18. The molecule has 1 N–H and O–H groups in total. The van der Waals surface area contributed by atoms with Gasteiger partial charge in [-0.15, -0.1) is 0 Å². The number of halogens is 3. The predicted octanol–water partition coefficient (Wildman–Crippen LogP) is 4.23. The number of alkyl halides is 2. The molecule has 0 radical (unpaired) electrons. The smallest absolute Gasteiger partial charge is 0.379 e. The number of aliphatic carboxylic acids is 1. The van der Waals surface area contributed by atoms with Crippen LogP contribution in [0.15, 0.2) is 36.4 Å². The van der Waals surface area contributed by atoms with Crippen LogP contribution in [0.25, 0.3) is 10.9 Å². The van der Waals surface area contributed by atoms with E-state index in [-0.39, 0.29) is 6.54 Å². The average molecular weight is 381 g/mol. The van der Waals surface area contributed by atoms with Crippen LogP contribution in [0, 0.1) is 6.92 Å². The molecule has 0 amide bonds. The minimum absolute atomic E-state index is 0.190. The molecule has 3 rings (SSSR count). The quantitative estimate of drug-likeness (QED) is 0.719. The van der Waals surface area contributed by atoms with E-state index in [4.69, 9.17) is 21.4 Å². The van der Waals surface area contributed by atoms with Crippen LogP contribution < -0.4 is 4.74 Å². The zero-order valence-corrected chi connectivity index (χ0v) is 14.7. The Morgan fingerprint density at radius 2 is 2.08 bits per heavy atom. The van der Waals surface area contributed by atoms with E-state index < -0.39 is 17.5 Å². The van der Waals surface area contributed by atoms with Gasteiger partial charge in [0.05, 0.1) is 24.9 Å². The maximum atomic E-state index is 13.9. The normalized spacial score (nSPS) is 11.7. The lowest BCUT2D eigenvalue weighted by Crippen LogP contribution is -2.25. The lowest BCUT2D eigenvalue weighted by atomic mass is 10.1. The summed E-state index contributed by atoms with van der Waals surface area (Å²) < 4.78 is 34.6. The Hall–Kier alpha value is -2.67. The van der Waals surface area contributed by atoms with Crippen molar-refractivity contribution < 1.29 is 23.4 Å². The van der Waals surface area contributed by atoms with Crippen molar-refractivity contribution in [2.24, 2.45) is 0 Å². The molecule has 0 aliphatic rings. The molecule has 3 aromatic rings. The fourth-order valence-electron chi connectivity index (χ4n) is 2.81. The fourth-order valence-corrected chi connectivity index (χ4v) is 3.04. The molecule has 1 aromatic heterocycles. The van der Waals surface area contributed by atoms with E-state index in [9.17, 15) is 13.6 Å². The number of rotatable bonds is 5. The summed E-state index contributed by atoms with van der Waals surface area (Å²) >= 11 is 6.24. The fraction of sp³-hybridized carbons (Fsp3) is 0.222. The van der Waals surface area contributed by atoms with Crippen LogP contribution in [0.4, 0.5) is 8.78 Å². The first kappa shape index (κ1) is 18.1. The van der Waals surface area contributed by atoms with Gasteiger partial charge in [0.25, 0.3) is 0 Å². The number of benzene rings is 2. The van der Waals surface area contributed by atoms with Gasteiger partial charge in [-0.1, -0.05) is 29.8 Å². The summed E-state index contributed by atoms with van der Waals surface area (Å²) in [5.74, 6) is -5.64. The van der Waals surface area contributed by atoms with Crippen LogP contribution in [0.3, 0.4) is 0 Å². The number of carbonyl (C=O) groups is 1. The maximum absolute atomic E-state index is 13.9. The monoisotopic (exact) mass is 380 g/mol. The van der Waals surface area contributed by atoms with Crippen LogP contribution in [0.5, 0.6) is 5.75 Å². The number of ether oxygens (including phenoxy) is 1. The molecular formula is C18H15ClF2N2O3. The van der Waals surface area contributed by atoms with Gasteiger partial charge in [0, 0.05) is 21.5 Å². The molecule has 8 heteroatoms. The number of carboxylic acids is 1. The number of methoxy groups -OCH3 is 1. The zero-order chi connectivity index (χ0) is 19.1. The summed E-state index contributed by atoms with van der Waals surface area (Å²) in [4.78, 5) is 10.9. The highest BCUT2D eigenvalue weighted by Gasteiger charge is 2.41. The van der Waals surface area contributed by atoms with Crippen LogP contribution in [-0.4, -0.2) is 28.0 Å². The molecule has 1 heterocycles. The average Bonchev–Trinajstić information content (AvgIpc) is 2.92. The SMILES string of the molecule is COc1cccc(Cl)c1Cn1nc(C)c2ccc(C(F)(F)C(=O)O)cc21. The minimum Gasteiger partial charge on any atom is -0.496 e. The third-order valence-electron chi connectivity index (χ3n) is 4.17. The van der Waals surface area contributed by atoms with Crippen LogP contribution >= 0.6 is 11.6 Å². The second-order valence-electron chi connectivity index (χ2n) is 5.78. The van der Waals surface area contributed by atoms with Crippen molar-refractivity contribution in [2.45, 2.75) is 19.4 Å². The molecule has 0 saturated carbocycles. The van der Waals surface area contributed by atoms with E-state index in [0.29, 0.717) is 32.9 Å². The Bertz CT molecular complexity index is 1000. The van der Waals surface area contributed by atoms with Gasteiger partial charge in [-0.05, 0) is 25.1 Å². The summed E-state index contributed by atoms with van der Waals surface area (Å²) in [6.45, 7) is 1.94. The molecule has 0 saturated heterocycles. The van der Waals surface area contributed by atoms with Crippen molar-refractivity contribution in [3.8, 4) is 5.75 Å². The number of carboxylic acid groups (broad SMARTS) is 1. The predicted molar refractivity (Wildman–Crippen MR) is 93.1 cm³/mol. The molecule has 5 nitrogen and oxygen atoms in total. The van der Waals surface area contributed by atoms with Crippen molar-refractivity contribution in [1.29, 1.82) is 0 Å². The van der Waals surface area contributed by atoms with Crippen LogP contribution in [0.1, 0.15) is 16.8 Å². The van der Waals surface area contributed by atoms with Crippen molar-refractivity contribution in [1.82, 2.24) is 9.78 Å². The highest BCUT2D eigenvalue weighted by Crippen LogP contribution is 2.33. The van der Waals surface area contributed by atoms with Gasteiger partial charge in [0.1, 0.15) is 5.75 Å². The van der Waals surface area contributed by atoms with E-state index in [0.717, 1.165) is 12.1 Å².